The van der Waals surface area contributed by atoms with E-state index < -0.39 is 0 Å². The molecule has 1 aliphatic rings. The van der Waals surface area contributed by atoms with Crippen molar-refractivity contribution in [3.05, 3.63) is 0 Å². The Morgan fingerprint density at radius 1 is 1.42 bits per heavy atom. The molecule has 0 heterocycles. The van der Waals surface area contributed by atoms with Gasteiger partial charge in [0, 0.05) is 39.3 Å². The second-order valence-corrected chi connectivity index (χ2v) is 6.18. The summed E-state index contributed by atoms with van der Waals surface area (Å²) < 4.78 is 10.8. The maximum Gasteiger partial charge on any atom is 0.225 e. The molecule has 0 bridgehead atoms. The Kier molecular flexibility index (Phi) is 4.98. The van der Waals surface area contributed by atoms with E-state index in [-0.39, 0.29) is 29.1 Å². The van der Waals surface area contributed by atoms with E-state index in [0.717, 1.165) is 6.42 Å². The molecule has 1 aliphatic carbocycles. The summed E-state index contributed by atoms with van der Waals surface area (Å²) in [4.78, 5) is 14.1. The van der Waals surface area contributed by atoms with Crippen molar-refractivity contribution >= 4 is 5.91 Å². The van der Waals surface area contributed by atoms with Crippen LogP contribution in [-0.2, 0) is 14.3 Å². The average Bonchev–Trinajstić information content (AvgIpc) is 2.40. The van der Waals surface area contributed by atoms with Crippen LogP contribution >= 0.6 is 0 Å². The number of hydrogen-bond acceptors (Lipinski definition) is 4. The fourth-order valence-electron chi connectivity index (χ4n) is 2.85. The van der Waals surface area contributed by atoms with E-state index in [0.29, 0.717) is 13.0 Å². The second-order valence-electron chi connectivity index (χ2n) is 6.18. The SMILES string of the molecule is COC(CN)CC(=O)N(C)C1CC(C)(OC)C1(C)C. The molecule has 2 N–H and O–H groups in total. The Hall–Kier alpha value is -0.650. The predicted molar refractivity (Wildman–Crippen MR) is 74.8 cm³/mol. The van der Waals surface area contributed by atoms with Crippen molar-refractivity contribution in [1.29, 1.82) is 0 Å². The molecule has 0 radical (unpaired) electrons. The second kappa shape index (κ2) is 5.77. The van der Waals surface area contributed by atoms with Gasteiger partial charge in [0.05, 0.1) is 18.1 Å². The molecule has 1 rings (SSSR count). The molecule has 1 fully saturated rings. The Morgan fingerprint density at radius 2 is 2.00 bits per heavy atom. The molecule has 0 aromatic rings. The number of nitrogens with zero attached hydrogens (tertiary/aromatic N) is 1. The summed E-state index contributed by atoms with van der Waals surface area (Å²) in [5.41, 5.74) is 5.33. The molecular formula is C14H28N2O3. The van der Waals surface area contributed by atoms with Crippen molar-refractivity contribution in [3.63, 3.8) is 0 Å². The van der Waals surface area contributed by atoms with Crippen LogP contribution in [0.1, 0.15) is 33.6 Å². The van der Waals surface area contributed by atoms with E-state index in [9.17, 15) is 4.79 Å². The normalized spacial score (nSPS) is 30.6. The van der Waals surface area contributed by atoms with Crippen molar-refractivity contribution in [3.8, 4) is 0 Å². The lowest BCUT2D eigenvalue weighted by atomic mass is 9.55. The number of hydrogen-bond donors (Lipinski definition) is 1. The van der Waals surface area contributed by atoms with Gasteiger partial charge in [0.1, 0.15) is 0 Å². The molecule has 112 valence electrons. The summed E-state index contributed by atoms with van der Waals surface area (Å²) in [5.74, 6) is 0.0773. The number of rotatable bonds is 6. The minimum Gasteiger partial charge on any atom is -0.380 e. The summed E-state index contributed by atoms with van der Waals surface area (Å²) in [6, 6.07) is 0.195. The van der Waals surface area contributed by atoms with E-state index in [4.69, 9.17) is 15.2 Å². The topological polar surface area (TPSA) is 64.8 Å². The highest BCUT2D eigenvalue weighted by molar-refractivity contribution is 5.77. The third-order valence-corrected chi connectivity index (χ3v) is 5.09. The van der Waals surface area contributed by atoms with Crippen LogP contribution in [0, 0.1) is 5.41 Å². The maximum atomic E-state index is 12.2. The Balaban J connectivity index is 2.65. The van der Waals surface area contributed by atoms with Gasteiger partial charge in [0.2, 0.25) is 5.91 Å². The molecule has 3 atom stereocenters. The van der Waals surface area contributed by atoms with Gasteiger partial charge in [0.15, 0.2) is 0 Å². The Labute approximate surface area is 116 Å². The van der Waals surface area contributed by atoms with Gasteiger partial charge in [-0.05, 0) is 13.3 Å². The van der Waals surface area contributed by atoms with E-state index in [1.807, 2.05) is 11.9 Å². The predicted octanol–water partition coefficient (Wildman–Crippen LogP) is 1.01. The molecule has 0 aromatic carbocycles. The zero-order valence-corrected chi connectivity index (χ0v) is 13.0. The van der Waals surface area contributed by atoms with Gasteiger partial charge in [-0.2, -0.15) is 0 Å². The number of ether oxygens (including phenoxy) is 2. The molecule has 0 aliphatic heterocycles. The number of nitrogens with two attached hydrogens (primary N) is 1. The molecule has 5 nitrogen and oxygen atoms in total. The molecule has 1 amide bonds. The minimum atomic E-state index is -0.202. The lowest BCUT2D eigenvalue weighted by Crippen LogP contribution is -2.68. The zero-order valence-electron chi connectivity index (χ0n) is 13.0. The van der Waals surface area contributed by atoms with Crippen molar-refractivity contribution in [1.82, 2.24) is 4.90 Å². The highest BCUT2D eigenvalue weighted by Gasteiger charge is 2.59. The van der Waals surface area contributed by atoms with Gasteiger partial charge in [-0.1, -0.05) is 13.8 Å². The van der Waals surface area contributed by atoms with Crippen LogP contribution in [0.2, 0.25) is 0 Å². The van der Waals surface area contributed by atoms with Gasteiger partial charge < -0.3 is 20.1 Å². The maximum absolute atomic E-state index is 12.2. The van der Waals surface area contributed by atoms with Crippen LogP contribution < -0.4 is 5.73 Å². The zero-order chi connectivity index (χ0) is 14.8. The molecule has 1 saturated carbocycles. The Morgan fingerprint density at radius 3 is 2.37 bits per heavy atom. The summed E-state index contributed by atoms with van der Waals surface area (Å²) in [7, 11) is 5.17. The van der Waals surface area contributed by atoms with Crippen LogP contribution in [0.25, 0.3) is 0 Å². The van der Waals surface area contributed by atoms with Gasteiger partial charge in [-0.3, -0.25) is 4.79 Å². The minimum absolute atomic E-state index is 0.0581. The van der Waals surface area contributed by atoms with Crippen molar-refractivity contribution in [2.24, 2.45) is 11.1 Å². The van der Waals surface area contributed by atoms with E-state index in [1.54, 1.807) is 14.2 Å². The number of methoxy groups -OCH3 is 2. The smallest absolute Gasteiger partial charge is 0.225 e. The van der Waals surface area contributed by atoms with Gasteiger partial charge in [0.25, 0.3) is 0 Å². The van der Waals surface area contributed by atoms with Crippen LogP contribution in [-0.4, -0.2) is 56.4 Å². The van der Waals surface area contributed by atoms with Crippen molar-refractivity contribution < 1.29 is 14.3 Å². The fraction of sp³-hybridized carbons (Fsp3) is 0.929. The van der Waals surface area contributed by atoms with E-state index >= 15 is 0 Å². The first-order valence-corrected chi connectivity index (χ1v) is 6.77. The first-order chi connectivity index (χ1) is 8.73. The van der Waals surface area contributed by atoms with E-state index in [2.05, 4.69) is 20.8 Å². The quantitative estimate of drug-likeness (QED) is 0.784. The third-order valence-electron chi connectivity index (χ3n) is 5.09. The van der Waals surface area contributed by atoms with Crippen LogP contribution in [0.3, 0.4) is 0 Å². The Bertz CT molecular complexity index is 329. The van der Waals surface area contributed by atoms with Gasteiger partial charge in [-0.15, -0.1) is 0 Å². The lowest BCUT2D eigenvalue weighted by molar-refractivity contribution is -0.207. The first-order valence-electron chi connectivity index (χ1n) is 6.77. The van der Waals surface area contributed by atoms with Gasteiger partial charge in [-0.25, -0.2) is 0 Å². The average molecular weight is 272 g/mol. The fourth-order valence-corrected chi connectivity index (χ4v) is 2.85. The highest BCUT2D eigenvalue weighted by atomic mass is 16.5. The largest absolute Gasteiger partial charge is 0.380 e. The molecule has 19 heavy (non-hydrogen) atoms. The van der Waals surface area contributed by atoms with E-state index in [1.165, 1.54) is 0 Å². The molecular weight excluding hydrogens is 244 g/mol. The molecule has 0 saturated heterocycles. The molecule has 0 spiro atoms. The summed E-state index contributed by atoms with van der Waals surface area (Å²) in [5, 5.41) is 0. The summed E-state index contributed by atoms with van der Waals surface area (Å²) >= 11 is 0. The molecule has 5 heteroatoms. The number of amides is 1. The standard InChI is InChI=1S/C14H28N2O3/c1-13(2)11(8-14(13,3)19-6)16(4)12(17)7-10(9-15)18-5/h10-11H,7-9,15H2,1-6H3. The summed E-state index contributed by atoms with van der Waals surface area (Å²) in [6.07, 6.45) is 0.991. The number of carbonyl (C=O) groups excluding carboxylic acids is 1. The monoisotopic (exact) mass is 272 g/mol. The van der Waals surface area contributed by atoms with Crippen LogP contribution in [0.5, 0.6) is 0 Å². The highest BCUT2D eigenvalue weighted by Crippen LogP contribution is 2.53. The molecule has 0 aromatic heterocycles. The lowest BCUT2D eigenvalue weighted by Gasteiger charge is -2.61. The first kappa shape index (κ1) is 16.4. The van der Waals surface area contributed by atoms with Crippen molar-refractivity contribution in [2.75, 3.05) is 27.8 Å². The van der Waals surface area contributed by atoms with Gasteiger partial charge >= 0.3 is 0 Å². The van der Waals surface area contributed by atoms with Crippen molar-refractivity contribution in [2.45, 2.75) is 51.4 Å². The van der Waals surface area contributed by atoms with Crippen LogP contribution in [0.4, 0.5) is 0 Å². The van der Waals surface area contributed by atoms with Crippen LogP contribution in [0.15, 0.2) is 0 Å². The molecule has 3 unspecified atom stereocenters. The number of carbonyl (C=O) groups is 1. The summed E-state index contributed by atoms with van der Waals surface area (Å²) in [6.45, 7) is 6.75. The third kappa shape index (κ3) is 2.78.